The van der Waals surface area contributed by atoms with E-state index in [0.29, 0.717) is 12.5 Å². The summed E-state index contributed by atoms with van der Waals surface area (Å²) < 4.78 is 8.20. The van der Waals surface area contributed by atoms with Crippen LogP contribution in [0, 0.1) is 11.8 Å². The first-order valence-corrected chi connectivity index (χ1v) is 16.3. The largest absolute Gasteiger partial charge is 0.388 e. The van der Waals surface area contributed by atoms with Gasteiger partial charge in [0.2, 0.25) is 5.91 Å². The molecule has 2 aliphatic heterocycles. The Morgan fingerprint density at radius 3 is 2.56 bits per heavy atom. The molecule has 10 heteroatoms. The van der Waals surface area contributed by atoms with Crippen LogP contribution in [0.1, 0.15) is 64.3 Å². The topological polar surface area (TPSA) is 120 Å². The number of likely N-dealkylation sites (tertiary alicyclic amines) is 1. The molecule has 1 aromatic heterocycles. The SMILES string of the molecule is CCCCCC1CC(C(=O)NC(C(C)C)C2OC(SC)C(O)C(O)C2O)N(Cc2nccn2Cc2ccccc2)C1. The Kier molecular flexibility index (Phi) is 11.7. The lowest BCUT2D eigenvalue weighted by Crippen LogP contribution is -2.64. The second kappa shape index (κ2) is 15.0. The third-order valence-corrected chi connectivity index (χ3v) is 9.43. The van der Waals surface area contributed by atoms with E-state index in [9.17, 15) is 20.1 Å². The third kappa shape index (κ3) is 7.91. The van der Waals surface area contributed by atoms with Crippen molar-refractivity contribution < 1.29 is 24.9 Å². The minimum absolute atomic E-state index is 0.0662. The lowest BCUT2D eigenvalue weighted by Gasteiger charge is -2.44. The molecule has 2 aliphatic rings. The van der Waals surface area contributed by atoms with Crippen LogP contribution in [0.2, 0.25) is 0 Å². The van der Waals surface area contributed by atoms with Crippen molar-refractivity contribution in [3.63, 3.8) is 0 Å². The molecule has 4 rings (SSSR count). The summed E-state index contributed by atoms with van der Waals surface area (Å²) in [6.07, 6.45) is 6.25. The number of rotatable bonds is 13. The molecule has 0 spiro atoms. The second-order valence-electron chi connectivity index (χ2n) is 12.0. The van der Waals surface area contributed by atoms with Gasteiger partial charge in [0.25, 0.3) is 0 Å². The number of carbonyl (C=O) groups excluding carboxylic acids is 1. The van der Waals surface area contributed by atoms with Crippen LogP contribution in [0.15, 0.2) is 42.7 Å². The molecule has 2 fully saturated rings. The van der Waals surface area contributed by atoms with E-state index < -0.39 is 35.9 Å². The van der Waals surface area contributed by atoms with E-state index in [1.165, 1.54) is 23.7 Å². The van der Waals surface area contributed by atoms with Crippen molar-refractivity contribution in [3.8, 4) is 0 Å². The molecular weight excluding hydrogens is 540 g/mol. The third-order valence-electron chi connectivity index (χ3n) is 8.57. The molecule has 8 atom stereocenters. The van der Waals surface area contributed by atoms with Crippen LogP contribution >= 0.6 is 11.8 Å². The van der Waals surface area contributed by atoms with Gasteiger partial charge in [-0.1, -0.05) is 70.4 Å². The van der Waals surface area contributed by atoms with Crippen molar-refractivity contribution in [2.24, 2.45) is 11.8 Å². The van der Waals surface area contributed by atoms with Crippen LogP contribution in [0.5, 0.6) is 0 Å². The summed E-state index contributed by atoms with van der Waals surface area (Å²) in [4.78, 5) is 20.9. The average Bonchev–Trinajstić information content (AvgIpc) is 3.58. The Morgan fingerprint density at radius 1 is 1.12 bits per heavy atom. The minimum Gasteiger partial charge on any atom is -0.388 e. The lowest BCUT2D eigenvalue weighted by atomic mass is 9.88. The zero-order chi connectivity index (χ0) is 29.5. The number of aliphatic hydroxyl groups is 3. The van der Waals surface area contributed by atoms with Gasteiger partial charge in [-0.15, -0.1) is 11.8 Å². The molecule has 1 aromatic carbocycles. The summed E-state index contributed by atoms with van der Waals surface area (Å²) >= 11 is 1.28. The van der Waals surface area contributed by atoms with Crippen molar-refractivity contribution >= 4 is 17.7 Å². The molecular formula is C31H48N4O5S. The van der Waals surface area contributed by atoms with Gasteiger partial charge >= 0.3 is 0 Å². The Bertz CT molecular complexity index is 1080. The van der Waals surface area contributed by atoms with Crippen LogP contribution in [-0.2, 0) is 22.6 Å². The number of carbonyl (C=O) groups is 1. The van der Waals surface area contributed by atoms with E-state index in [4.69, 9.17) is 4.74 Å². The molecule has 2 saturated heterocycles. The Hall–Kier alpha value is -1.95. The number of aliphatic hydroxyl groups excluding tert-OH is 3. The number of nitrogens with one attached hydrogen (secondary N) is 1. The predicted molar refractivity (Wildman–Crippen MR) is 161 cm³/mol. The molecule has 4 N–H and O–H groups in total. The van der Waals surface area contributed by atoms with Gasteiger partial charge in [0.1, 0.15) is 35.7 Å². The van der Waals surface area contributed by atoms with E-state index in [0.717, 1.165) is 44.6 Å². The lowest BCUT2D eigenvalue weighted by molar-refractivity contribution is -0.208. The first kappa shape index (κ1) is 32.0. The molecule has 228 valence electrons. The van der Waals surface area contributed by atoms with Gasteiger partial charge in [-0.2, -0.15) is 0 Å². The number of amides is 1. The van der Waals surface area contributed by atoms with Crippen molar-refractivity contribution in [3.05, 3.63) is 54.1 Å². The van der Waals surface area contributed by atoms with Crippen LogP contribution in [0.25, 0.3) is 0 Å². The molecule has 0 radical (unpaired) electrons. The maximum absolute atomic E-state index is 14.0. The van der Waals surface area contributed by atoms with Crippen molar-refractivity contribution in [2.45, 2.75) is 108 Å². The van der Waals surface area contributed by atoms with E-state index >= 15 is 0 Å². The van der Waals surface area contributed by atoms with Gasteiger partial charge in [-0.3, -0.25) is 9.69 Å². The minimum atomic E-state index is -1.35. The van der Waals surface area contributed by atoms with Crippen molar-refractivity contribution in [1.29, 1.82) is 0 Å². The first-order valence-electron chi connectivity index (χ1n) is 15.0. The highest BCUT2D eigenvalue weighted by atomic mass is 32.2. The van der Waals surface area contributed by atoms with Crippen molar-refractivity contribution in [1.82, 2.24) is 19.8 Å². The van der Waals surface area contributed by atoms with E-state index in [-0.39, 0.29) is 17.9 Å². The number of imidazole rings is 1. The quantitative estimate of drug-likeness (QED) is 0.264. The molecule has 3 heterocycles. The normalized spacial score (nSPS) is 29.6. The molecule has 0 bridgehead atoms. The fourth-order valence-corrected chi connectivity index (χ4v) is 6.87. The van der Waals surface area contributed by atoms with E-state index in [1.807, 2.05) is 44.4 Å². The molecule has 1 amide bonds. The smallest absolute Gasteiger partial charge is 0.237 e. The maximum atomic E-state index is 14.0. The average molecular weight is 589 g/mol. The zero-order valence-corrected chi connectivity index (χ0v) is 25.6. The number of benzene rings is 1. The van der Waals surface area contributed by atoms with E-state index in [2.05, 4.69) is 38.8 Å². The van der Waals surface area contributed by atoms with Gasteiger partial charge in [-0.25, -0.2) is 4.98 Å². The monoisotopic (exact) mass is 588 g/mol. The van der Waals surface area contributed by atoms with Crippen molar-refractivity contribution in [2.75, 3.05) is 12.8 Å². The molecule has 0 aliphatic carbocycles. The number of thioether (sulfide) groups is 1. The number of hydrogen-bond acceptors (Lipinski definition) is 8. The summed E-state index contributed by atoms with van der Waals surface area (Å²) in [5, 5.41) is 34.9. The summed E-state index contributed by atoms with van der Waals surface area (Å²) in [6.45, 7) is 8.25. The first-order chi connectivity index (χ1) is 19.7. The highest BCUT2D eigenvalue weighted by Gasteiger charge is 2.48. The highest BCUT2D eigenvalue weighted by Crippen LogP contribution is 2.32. The molecule has 8 unspecified atom stereocenters. The predicted octanol–water partition coefficient (Wildman–Crippen LogP) is 3.01. The Labute approximate surface area is 248 Å². The van der Waals surface area contributed by atoms with Gasteiger partial charge < -0.3 is 29.9 Å². The maximum Gasteiger partial charge on any atom is 0.237 e. The van der Waals surface area contributed by atoms with Gasteiger partial charge in [0, 0.05) is 25.5 Å². The number of nitrogens with zero attached hydrogens (tertiary/aromatic N) is 3. The Balaban J connectivity index is 1.51. The van der Waals surface area contributed by atoms with Crippen LogP contribution < -0.4 is 5.32 Å². The molecule has 0 saturated carbocycles. The van der Waals surface area contributed by atoms with Gasteiger partial charge in [-0.05, 0) is 36.5 Å². The van der Waals surface area contributed by atoms with Crippen LogP contribution in [0.3, 0.4) is 0 Å². The summed E-state index contributed by atoms with van der Waals surface area (Å²) in [5.41, 5.74) is 0.507. The fraction of sp³-hybridized carbons (Fsp3) is 0.677. The Morgan fingerprint density at radius 2 is 1.88 bits per heavy atom. The van der Waals surface area contributed by atoms with Crippen LogP contribution in [-0.4, -0.2) is 90.4 Å². The number of unbranched alkanes of at least 4 members (excludes halogenated alkanes) is 2. The molecule has 41 heavy (non-hydrogen) atoms. The summed E-state index contributed by atoms with van der Waals surface area (Å²) in [6, 6.07) is 9.42. The van der Waals surface area contributed by atoms with Crippen LogP contribution in [0.4, 0.5) is 0 Å². The number of aromatic nitrogens is 2. The van der Waals surface area contributed by atoms with Gasteiger partial charge in [0.15, 0.2) is 0 Å². The highest BCUT2D eigenvalue weighted by molar-refractivity contribution is 7.99. The molecule has 2 aromatic rings. The number of ether oxygens (including phenoxy) is 1. The van der Waals surface area contributed by atoms with E-state index in [1.54, 1.807) is 6.26 Å². The zero-order valence-electron chi connectivity index (χ0n) is 24.8. The summed E-state index contributed by atoms with van der Waals surface area (Å²) in [5.74, 6) is 1.18. The molecule has 9 nitrogen and oxygen atoms in total. The second-order valence-corrected chi connectivity index (χ2v) is 12.9. The van der Waals surface area contributed by atoms with Gasteiger partial charge in [0.05, 0.1) is 18.6 Å². The summed E-state index contributed by atoms with van der Waals surface area (Å²) in [7, 11) is 0. The standard InChI is InChI=1S/C31H48N4O5S/c1-5-6-8-13-22-16-23(35(18-22)19-24-32-14-15-34(24)17-21-11-9-7-10-12-21)30(39)33-25(20(2)3)29-27(37)26(36)28(38)31(40-29)41-4/h7,9-12,14-15,20,22-23,25-29,31,36-38H,5-6,8,13,16-19H2,1-4H3,(H,33,39). The number of hydrogen-bond donors (Lipinski definition) is 4. The fourth-order valence-electron chi connectivity index (χ4n) is 6.19.